The molecule has 0 spiro atoms. The summed E-state index contributed by atoms with van der Waals surface area (Å²) in [6.07, 6.45) is 3.50. The Morgan fingerprint density at radius 2 is 2.04 bits per heavy atom. The zero-order chi connectivity index (χ0) is 18.1. The summed E-state index contributed by atoms with van der Waals surface area (Å²) in [6.45, 7) is 9.11. The molecule has 1 heterocycles. The van der Waals surface area contributed by atoms with Crippen molar-refractivity contribution >= 4 is 35.8 Å². The Labute approximate surface area is 174 Å². The number of piperidine rings is 1. The average molecular weight is 473 g/mol. The van der Waals surface area contributed by atoms with Crippen LogP contribution < -0.4 is 16.4 Å². The molecule has 1 amide bonds. The van der Waals surface area contributed by atoms with Crippen molar-refractivity contribution in [1.29, 1.82) is 0 Å². The van der Waals surface area contributed by atoms with Gasteiger partial charge >= 0.3 is 0 Å². The van der Waals surface area contributed by atoms with Gasteiger partial charge in [0.2, 0.25) is 5.91 Å². The number of primary amides is 1. The monoisotopic (exact) mass is 473 g/mol. The molecular weight excluding hydrogens is 441 g/mol. The van der Waals surface area contributed by atoms with Gasteiger partial charge in [0.15, 0.2) is 5.96 Å². The van der Waals surface area contributed by atoms with E-state index in [9.17, 15) is 4.79 Å². The maximum absolute atomic E-state index is 11.3. The lowest BCUT2D eigenvalue weighted by Crippen LogP contribution is -2.48. The number of nitrogens with one attached hydrogen (secondary N) is 2. The molecule has 26 heavy (non-hydrogen) atoms. The van der Waals surface area contributed by atoms with Gasteiger partial charge in [-0.3, -0.25) is 4.79 Å². The minimum absolute atomic E-state index is 0. The molecule has 1 aromatic carbocycles. The Hall–Kier alpha value is -1.35. The van der Waals surface area contributed by atoms with Gasteiger partial charge < -0.3 is 21.3 Å². The van der Waals surface area contributed by atoms with E-state index in [0.717, 1.165) is 44.0 Å². The van der Waals surface area contributed by atoms with Crippen LogP contribution in [0.3, 0.4) is 0 Å². The summed E-state index contributed by atoms with van der Waals surface area (Å²) in [5, 5.41) is 6.86. The Kier molecular flexibility index (Phi) is 10.6. The van der Waals surface area contributed by atoms with Gasteiger partial charge in [-0.25, -0.2) is 4.99 Å². The molecule has 1 saturated heterocycles. The van der Waals surface area contributed by atoms with Crippen LogP contribution in [0.5, 0.6) is 0 Å². The quantitative estimate of drug-likeness (QED) is 0.323. The van der Waals surface area contributed by atoms with Gasteiger partial charge in [0, 0.05) is 31.2 Å². The van der Waals surface area contributed by atoms with Gasteiger partial charge in [-0.1, -0.05) is 19.1 Å². The van der Waals surface area contributed by atoms with Crippen LogP contribution in [0.1, 0.15) is 49.0 Å². The second-order valence-electron chi connectivity index (χ2n) is 6.52. The Bertz CT molecular complexity index is 585. The van der Waals surface area contributed by atoms with Crippen molar-refractivity contribution < 1.29 is 4.79 Å². The lowest BCUT2D eigenvalue weighted by atomic mass is 10.1. The molecule has 0 atom stereocenters. The maximum atomic E-state index is 11.3. The number of carbonyl (C=O) groups is 1. The fraction of sp³-hybridized carbons (Fsp3) is 0.579. The first-order chi connectivity index (χ1) is 12.1. The molecule has 4 N–H and O–H groups in total. The standard InChI is InChI=1S/C19H31N5O.HI/c1-3-10-24-11-8-17(9-12-24)23-19(21-4-2)22-14-15-6-5-7-16(13-15)18(20)25;/h5-7,13,17H,3-4,8-12,14H2,1-2H3,(H2,20,25)(H2,21,22,23);1H. The summed E-state index contributed by atoms with van der Waals surface area (Å²) >= 11 is 0. The highest BCUT2D eigenvalue weighted by Gasteiger charge is 2.19. The van der Waals surface area contributed by atoms with Crippen molar-refractivity contribution in [3.05, 3.63) is 35.4 Å². The van der Waals surface area contributed by atoms with Crippen LogP contribution in [0, 0.1) is 0 Å². The first-order valence-electron chi connectivity index (χ1n) is 9.28. The second kappa shape index (κ2) is 12.1. The molecule has 0 radical (unpaired) electrons. The Morgan fingerprint density at radius 1 is 1.31 bits per heavy atom. The summed E-state index contributed by atoms with van der Waals surface area (Å²) in [5.74, 6) is 0.426. The Balaban J connectivity index is 0.00000338. The van der Waals surface area contributed by atoms with E-state index >= 15 is 0 Å². The molecule has 1 aromatic rings. The third-order valence-electron chi connectivity index (χ3n) is 4.44. The normalized spacial score (nSPS) is 16.0. The third-order valence-corrected chi connectivity index (χ3v) is 4.44. The Morgan fingerprint density at radius 3 is 2.65 bits per heavy atom. The van der Waals surface area contributed by atoms with E-state index in [1.807, 2.05) is 12.1 Å². The SMILES string of the molecule is CCCN1CCC(NC(=NCc2cccc(C(N)=O)c2)NCC)CC1.I. The number of halogens is 1. The fourth-order valence-electron chi connectivity index (χ4n) is 3.12. The van der Waals surface area contributed by atoms with Crippen molar-refractivity contribution in [3.63, 3.8) is 0 Å². The van der Waals surface area contributed by atoms with Crippen molar-refractivity contribution in [3.8, 4) is 0 Å². The predicted octanol–water partition coefficient (Wildman–Crippen LogP) is 2.33. The summed E-state index contributed by atoms with van der Waals surface area (Å²) in [4.78, 5) is 18.5. The van der Waals surface area contributed by atoms with E-state index in [1.54, 1.807) is 12.1 Å². The second-order valence-corrected chi connectivity index (χ2v) is 6.52. The number of guanidine groups is 1. The molecule has 6 nitrogen and oxygen atoms in total. The molecule has 0 bridgehead atoms. The van der Waals surface area contributed by atoms with Crippen molar-refractivity contribution in [1.82, 2.24) is 15.5 Å². The number of nitrogens with zero attached hydrogens (tertiary/aromatic N) is 2. The van der Waals surface area contributed by atoms with Crippen LogP contribution in [0.25, 0.3) is 0 Å². The molecule has 0 unspecified atom stereocenters. The maximum Gasteiger partial charge on any atom is 0.248 e. The minimum atomic E-state index is -0.408. The number of hydrogen-bond donors (Lipinski definition) is 3. The number of aliphatic imine (C=N–C) groups is 1. The molecule has 0 saturated carbocycles. The number of benzene rings is 1. The van der Waals surface area contributed by atoms with Gasteiger partial charge in [0.05, 0.1) is 6.54 Å². The van der Waals surface area contributed by atoms with Crippen LogP contribution in [0.4, 0.5) is 0 Å². The van der Waals surface area contributed by atoms with Gasteiger partial charge in [0.1, 0.15) is 0 Å². The fourth-order valence-corrected chi connectivity index (χ4v) is 3.12. The zero-order valence-corrected chi connectivity index (χ0v) is 18.2. The molecular formula is C19H32IN5O. The highest BCUT2D eigenvalue weighted by atomic mass is 127. The van der Waals surface area contributed by atoms with Crippen LogP contribution in [-0.2, 0) is 6.54 Å². The third kappa shape index (κ3) is 7.49. The zero-order valence-electron chi connectivity index (χ0n) is 15.8. The highest BCUT2D eigenvalue weighted by molar-refractivity contribution is 14.0. The van der Waals surface area contributed by atoms with Crippen LogP contribution in [0.15, 0.2) is 29.3 Å². The summed E-state index contributed by atoms with van der Waals surface area (Å²) in [6, 6.07) is 7.79. The van der Waals surface area contributed by atoms with E-state index in [0.29, 0.717) is 18.2 Å². The van der Waals surface area contributed by atoms with E-state index in [4.69, 9.17) is 5.73 Å². The smallest absolute Gasteiger partial charge is 0.248 e. The summed E-state index contributed by atoms with van der Waals surface area (Å²) in [7, 11) is 0. The van der Waals surface area contributed by atoms with Crippen molar-refractivity contribution in [2.45, 2.75) is 45.7 Å². The summed E-state index contributed by atoms with van der Waals surface area (Å²) < 4.78 is 0. The number of carbonyl (C=O) groups excluding carboxylic acids is 1. The van der Waals surface area contributed by atoms with Crippen molar-refractivity contribution in [2.75, 3.05) is 26.2 Å². The summed E-state index contributed by atoms with van der Waals surface area (Å²) in [5.41, 5.74) is 6.84. The molecule has 1 aliphatic heterocycles. The van der Waals surface area contributed by atoms with Gasteiger partial charge in [0.25, 0.3) is 0 Å². The topological polar surface area (TPSA) is 82.8 Å². The minimum Gasteiger partial charge on any atom is -0.366 e. The highest BCUT2D eigenvalue weighted by Crippen LogP contribution is 2.11. The van der Waals surface area contributed by atoms with Gasteiger partial charge in [-0.15, -0.1) is 24.0 Å². The van der Waals surface area contributed by atoms with Crippen LogP contribution in [-0.4, -0.2) is 49.0 Å². The lowest BCUT2D eigenvalue weighted by molar-refractivity contribution is 0.1000. The molecule has 7 heteroatoms. The van der Waals surface area contributed by atoms with E-state index in [-0.39, 0.29) is 24.0 Å². The average Bonchev–Trinajstić information content (AvgIpc) is 2.62. The van der Waals surface area contributed by atoms with Crippen LogP contribution >= 0.6 is 24.0 Å². The van der Waals surface area contributed by atoms with E-state index < -0.39 is 5.91 Å². The van der Waals surface area contributed by atoms with Gasteiger partial charge in [-0.05, 0) is 50.4 Å². The molecule has 1 aliphatic rings. The number of likely N-dealkylation sites (tertiary alicyclic amines) is 1. The first kappa shape index (κ1) is 22.7. The van der Waals surface area contributed by atoms with Crippen LogP contribution in [0.2, 0.25) is 0 Å². The molecule has 1 fully saturated rings. The largest absolute Gasteiger partial charge is 0.366 e. The van der Waals surface area contributed by atoms with E-state index in [1.165, 1.54) is 13.0 Å². The number of hydrogen-bond acceptors (Lipinski definition) is 3. The number of amides is 1. The molecule has 0 aromatic heterocycles. The molecule has 146 valence electrons. The molecule has 0 aliphatic carbocycles. The predicted molar refractivity (Wildman–Crippen MR) is 118 cm³/mol. The first-order valence-corrected chi connectivity index (χ1v) is 9.28. The number of rotatable bonds is 7. The molecule has 2 rings (SSSR count). The number of nitrogens with two attached hydrogens (primary N) is 1. The lowest BCUT2D eigenvalue weighted by Gasteiger charge is -2.32. The van der Waals surface area contributed by atoms with Gasteiger partial charge in [-0.2, -0.15) is 0 Å². The van der Waals surface area contributed by atoms with E-state index in [2.05, 4.69) is 34.4 Å². The van der Waals surface area contributed by atoms with Crippen molar-refractivity contribution in [2.24, 2.45) is 10.7 Å².